The fourth-order valence-corrected chi connectivity index (χ4v) is 2.08. The number of nitrogens with one attached hydrogen (secondary N) is 1. The van der Waals surface area contributed by atoms with E-state index < -0.39 is 5.97 Å². The normalized spacial score (nSPS) is 10.6. The lowest BCUT2D eigenvalue weighted by Gasteiger charge is -2.04. The molecule has 0 aliphatic carbocycles. The van der Waals surface area contributed by atoms with Crippen molar-refractivity contribution in [2.75, 3.05) is 11.9 Å². The summed E-state index contributed by atoms with van der Waals surface area (Å²) in [6, 6.07) is 1.86. The number of esters is 1. The summed E-state index contributed by atoms with van der Waals surface area (Å²) in [4.78, 5) is 27.5. The lowest BCUT2D eigenvalue weighted by molar-refractivity contribution is -0.114. The molecule has 0 saturated heterocycles. The Bertz CT molecular complexity index is 688. The van der Waals surface area contributed by atoms with Crippen LogP contribution in [0.3, 0.4) is 0 Å². The van der Waals surface area contributed by atoms with Gasteiger partial charge in [0.2, 0.25) is 17.4 Å². The summed E-state index contributed by atoms with van der Waals surface area (Å²) in [6.45, 7) is 6.99. The number of furan rings is 1. The number of anilines is 1. The van der Waals surface area contributed by atoms with Crippen LogP contribution in [0.5, 0.6) is 0 Å². The topological polar surface area (TPSA) is 81.4 Å². The lowest BCUT2D eigenvalue weighted by Crippen LogP contribution is -2.11. The number of pyridine rings is 1. The van der Waals surface area contributed by atoms with Gasteiger partial charge in [-0.05, 0) is 32.4 Å². The zero-order valence-electron chi connectivity index (χ0n) is 11.9. The molecule has 2 aromatic rings. The van der Waals surface area contributed by atoms with Crippen LogP contribution in [0.4, 0.5) is 5.69 Å². The Hall–Kier alpha value is -2.37. The van der Waals surface area contributed by atoms with E-state index >= 15 is 0 Å². The van der Waals surface area contributed by atoms with E-state index in [4.69, 9.17) is 9.15 Å². The van der Waals surface area contributed by atoms with Crippen LogP contribution in [0.15, 0.2) is 10.5 Å². The standard InChI is InChI=1S/C14H16N2O4/c1-5-19-14(18)12-11(16-9(4)17)10-7(2)6-8(3)15-13(10)20-12/h6H,5H2,1-4H3,(H,16,17). The number of aryl methyl sites for hydroxylation is 2. The zero-order chi connectivity index (χ0) is 14.9. The van der Waals surface area contributed by atoms with Crippen LogP contribution in [0.1, 0.15) is 35.7 Å². The average Bonchev–Trinajstić information content (AvgIpc) is 2.67. The van der Waals surface area contributed by atoms with Crippen LogP contribution >= 0.6 is 0 Å². The highest BCUT2D eigenvalue weighted by molar-refractivity contribution is 6.09. The molecule has 0 aliphatic rings. The van der Waals surface area contributed by atoms with Gasteiger partial charge in [0.15, 0.2) is 0 Å². The van der Waals surface area contributed by atoms with Gasteiger partial charge in [0.25, 0.3) is 0 Å². The van der Waals surface area contributed by atoms with Crippen molar-refractivity contribution in [3.63, 3.8) is 0 Å². The summed E-state index contributed by atoms with van der Waals surface area (Å²) in [6.07, 6.45) is 0. The smallest absolute Gasteiger partial charge is 0.376 e. The van der Waals surface area contributed by atoms with Crippen molar-refractivity contribution in [3.05, 3.63) is 23.1 Å². The van der Waals surface area contributed by atoms with Crippen molar-refractivity contribution in [2.24, 2.45) is 0 Å². The monoisotopic (exact) mass is 276 g/mol. The predicted molar refractivity (Wildman–Crippen MR) is 73.7 cm³/mol. The minimum Gasteiger partial charge on any atom is -0.460 e. The molecule has 0 bridgehead atoms. The molecule has 20 heavy (non-hydrogen) atoms. The summed E-state index contributed by atoms with van der Waals surface area (Å²) >= 11 is 0. The van der Waals surface area contributed by atoms with Gasteiger partial charge < -0.3 is 14.5 Å². The molecular weight excluding hydrogens is 260 g/mol. The number of nitrogens with zero attached hydrogens (tertiary/aromatic N) is 1. The molecule has 2 heterocycles. The second-order valence-electron chi connectivity index (χ2n) is 4.47. The first-order valence-electron chi connectivity index (χ1n) is 6.29. The third-order valence-corrected chi connectivity index (χ3v) is 2.75. The van der Waals surface area contributed by atoms with Crippen LogP contribution in [0.2, 0.25) is 0 Å². The molecule has 0 saturated carbocycles. The molecule has 2 aromatic heterocycles. The predicted octanol–water partition coefficient (Wildman–Crippen LogP) is 2.58. The van der Waals surface area contributed by atoms with E-state index in [0.29, 0.717) is 16.8 Å². The lowest BCUT2D eigenvalue weighted by atomic mass is 10.1. The molecule has 106 valence electrons. The van der Waals surface area contributed by atoms with Gasteiger partial charge in [-0.3, -0.25) is 4.79 Å². The number of hydrogen-bond acceptors (Lipinski definition) is 5. The molecule has 0 spiro atoms. The highest BCUT2D eigenvalue weighted by Gasteiger charge is 2.24. The van der Waals surface area contributed by atoms with E-state index in [-0.39, 0.29) is 18.3 Å². The summed E-state index contributed by atoms with van der Waals surface area (Å²) in [5.41, 5.74) is 2.27. The van der Waals surface area contributed by atoms with Gasteiger partial charge in [-0.2, -0.15) is 0 Å². The molecule has 1 N–H and O–H groups in total. The number of carbonyl (C=O) groups excluding carboxylic acids is 2. The van der Waals surface area contributed by atoms with E-state index in [9.17, 15) is 9.59 Å². The van der Waals surface area contributed by atoms with Crippen molar-refractivity contribution in [1.29, 1.82) is 0 Å². The third kappa shape index (κ3) is 2.49. The Labute approximate surface area is 116 Å². The third-order valence-electron chi connectivity index (χ3n) is 2.75. The first-order valence-corrected chi connectivity index (χ1v) is 6.29. The van der Waals surface area contributed by atoms with Crippen LogP contribution in [0.25, 0.3) is 11.1 Å². The van der Waals surface area contributed by atoms with Crippen LogP contribution in [0, 0.1) is 13.8 Å². The maximum Gasteiger partial charge on any atom is 0.376 e. The van der Waals surface area contributed by atoms with Gasteiger partial charge in [0.05, 0.1) is 12.0 Å². The van der Waals surface area contributed by atoms with Gasteiger partial charge in [-0.25, -0.2) is 9.78 Å². The Morgan fingerprint density at radius 1 is 1.40 bits per heavy atom. The van der Waals surface area contributed by atoms with Crippen molar-refractivity contribution >= 4 is 28.7 Å². The molecule has 0 unspecified atom stereocenters. The number of rotatable bonds is 3. The zero-order valence-corrected chi connectivity index (χ0v) is 11.9. The highest BCUT2D eigenvalue weighted by atomic mass is 16.5. The molecule has 0 aliphatic heterocycles. The molecule has 0 radical (unpaired) electrons. The van der Waals surface area contributed by atoms with Crippen molar-refractivity contribution in [2.45, 2.75) is 27.7 Å². The Kier molecular flexibility index (Phi) is 3.74. The molecule has 0 fully saturated rings. The molecule has 6 nitrogen and oxygen atoms in total. The fraction of sp³-hybridized carbons (Fsp3) is 0.357. The first kappa shape index (κ1) is 14.0. The van der Waals surface area contributed by atoms with Crippen LogP contribution in [-0.2, 0) is 9.53 Å². The van der Waals surface area contributed by atoms with Gasteiger partial charge in [0.1, 0.15) is 5.69 Å². The second kappa shape index (κ2) is 5.32. The minimum atomic E-state index is -0.619. The molecule has 6 heteroatoms. The number of ether oxygens (including phenoxy) is 1. The van der Waals surface area contributed by atoms with Crippen LogP contribution < -0.4 is 5.32 Å². The molecule has 0 atom stereocenters. The van der Waals surface area contributed by atoms with Crippen molar-refractivity contribution in [3.8, 4) is 0 Å². The SMILES string of the molecule is CCOC(=O)c1oc2nc(C)cc(C)c2c1NC(C)=O. The van der Waals surface area contributed by atoms with Gasteiger partial charge in [-0.1, -0.05) is 0 Å². The highest BCUT2D eigenvalue weighted by Crippen LogP contribution is 2.33. The molecule has 1 amide bonds. The summed E-state index contributed by atoms with van der Waals surface area (Å²) in [5.74, 6) is -0.942. The van der Waals surface area contributed by atoms with Crippen LogP contribution in [-0.4, -0.2) is 23.5 Å². The molecule has 2 rings (SSSR count). The van der Waals surface area contributed by atoms with Gasteiger partial charge in [-0.15, -0.1) is 0 Å². The van der Waals surface area contributed by atoms with Gasteiger partial charge in [0, 0.05) is 12.6 Å². The van der Waals surface area contributed by atoms with E-state index in [1.165, 1.54) is 6.92 Å². The Balaban J connectivity index is 2.69. The number of fused-ring (bicyclic) bond motifs is 1. The molecule has 0 aromatic carbocycles. The summed E-state index contributed by atoms with van der Waals surface area (Å²) in [5, 5.41) is 3.24. The Morgan fingerprint density at radius 2 is 2.10 bits per heavy atom. The quantitative estimate of drug-likeness (QED) is 0.871. The fourth-order valence-electron chi connectivity index (χ4n) is 2.08. The number of hydrogen-bond donors (Lipinski definition) is 1. The second-order valence-corrected chi connectivity index (χ2v) is 4.47. The van der Waals surface area contributed by atoms with E-state index in [2.05, 4.69) is 10.3 Å². The summed E-state index contributed by atoms with van der Waals surface area (Å²) in [7, 11) is 0. The van der Waals surface area contributed by atoms with E-state index in [0.717, 1.165) is 11.3 Å². The number of amides is 1. The first-order chi connectivity index (χ1) is 9.43. The number of carbonyl (C=O) groups is 2. The molecular formula is C14H16N2O4. The minimum absolute atomic E-state index is 0.0294. The number of aromatic nitrogens is 1. The van der Waals surface area contributed by atoms with E-state index in [1.807, 2.05) is 19.9 Å². The average molecular weight is 276 g/mol. The Morgan fingerprint density at radius 3 is 2.70 bits per heavy atom. The van der Waals surface area contributed by atoms with Gasteiger partial charge >= 0.3 is 5.97 Å². The maximum absolute atomic E-state index is 11.9. The summed E-state index contributed by atoms with van der Waals surface area (Å²) < 4.78 is 10.4. The van der Waals surface area contributed by atoms with E-state index in [1.54, 1.807) is 6.92 Å². The van der Waals surface area contributed by atoms with Crippen molar-refractivity contribution < 1.29 is 18.7 Å². The largest absolute Gasteiger partial charge is 0.460 e. The maximum atomic E-state index is 11.9. The van der Waals surface area contributed by atoms with Crippen molar-refractivity contribution in [1.82, 2.24) is 4.98 Å².